The molecule has 4 N–H and O–H groups in total. The van der Waals surface area contributed by atoms with E-state index in [4.69, 9.17) is 35.6 Å². The summed E-state index contributed by atoms with van der Waals surface area (Å²) in [5.41, 5.74) is 5.36. The van der Waals surface area contributed by atoms with Crippen LogP contribution in [0.15, 0.2) is 42.9 Å². The van der Waals surface area contributed by atoms with Crippen LogP contribution in [0.5, 0.6) is 0 Å². The number of benzene rings is 1. The van der Waals surface area contributed by atoms with Crippen LogP contribution in [0.25, 0.3) is 11.0 Å². The molecule has 3 aromatic rings. The summed E-state index contributed by atoms with van der Waals surface area (Å²) in [4.78, 5) is 8.16. The van der Waals surface area contributed by atoms with E-state index in [-0.39, 0.29) is 19.0 Å². The summed E-state index contributed by atoms with van der Waals surface area (Å²) in [5.74, 6) is 0.278. The topological polar surface area (TPSA) is 151 Å². The highest BCUT2D eigenvalue weighted by Crippen LogP contribution is 2.57. The zero-order valence-electron chi connectivity index (χ0n) is 18.2. The number of nitrogen functional groups attached to an aromatic ring is 1. The molecule has 0 saturated carbocycles. The van der Waals surface area contributed by atoms with E-state index in [1.165, 1.54) is 13.3 Å². The van der Waals surface area contributed by atoms with Gasteiger partial charge in [0.15, 0.2) is 6.23 Å². The van der Waals surface area contributed by atoms with Crippen molar-refractivity contribution in [1.29, 1.82) is 0 Å². The predicted molar refractivity (Wildman–Crippen MR) is 122 cm³/mol. The number of aromatic nitrogens is 3. The molecule has 0 amide bonds. The van der Waals surface area contributed by atoms with Crippen molar-refractivity contribution < 1.29 is 33.1 Å². The van der Waals surface area contributed by atoms with Gasteiger partial charge in [-0.3, -0.25) is 13.6 Å². The minimum atomic E-state index is -3.96. The number of halogens is 1. The molecule has 2 aliphatic rings. The van der Waals surface area contributed by atoms with Crippen LogP contribution in [-0.2, 0) is 22.9 Å². The van der Waals surface area contributed by atoms with Gasteiger partial charge in [0, 0.05) is 17.6 Å². The first-order valence-electron chi connectivity index (χ1n) is 10.6. The van der Waals surface area contributed by atoms with Crippen molar-refractivity contribution in [2.75, 3.05) is 18.9 Å². The second kappa shape index (κ2) is 8.85. The SMILES string of the molecule is C[C@@]1(O)[C@H](O)[C@@H](COP2(=O)OCCC(c3cccc(Cl)c3)O2)O[C@H]1n1ccc2c(N)ncnc21. The van der Waals surface area contributed by atoms with Gasteiger partial charge in [0.2, 0.25) is 0 Å². The maximum atomic E-state index is 13.1. The largest absolute Gasteiger partial charge is 0.475 e. The number of hydrogen-bond donors (Lipinski definition) is 3. The van der Waals surface area contributed by atoms with E-state index in [9.17, 15) is 14.8 Å². The molecular formula is C21H24ClN4O7P. The van der Waals surface area contributed by atoms with Crippen LogP contribution < -0.4 is 5.73 Å². The fourth-order valence-corrected chi connectivity index (χ4v) is 5.83. The van der Waals surface area contributed by atoms with Crippen LogP contribution in [0.3, 0.4) is 0 Å². The average Bonchev–Trinajstić information content (AvgIpc) is 3.32. The molecule has 2 fully saturated rings. The van der Waals surface area contributed by atoms with Gasteiger partial charge in [-0.2, -0.15) is 0 Å². The van der Waals surface area contributed by atoms with E-state index in [1.807, 2.05) is 6.07 Å². The third-order valence-corrected chi connectivity index (χ3v) is 7.76. The monoisotopic (exact) mass is 510 g/mol. The Kier molecular flexibility index (Phi) is 6.16. The Morgan fingerprint density at radius 2 is 2.21 bits per heavy atom. The van der Waals surface area contributed by atoms with Gasteiger partial charge < -0.3 is 25.3 Å². The van der Waals surface area contributed by atoms with Crippen molar-refractivity contribution in [2.45, 2.75) is 43.5 Å². The number of ether oxygens (including phenoxy) is 1. The Bertz CT molecular complexity index is 1250. The average molecular weight is 511 g/mol. The molecule has 4 heterocycles. The van der Waals surface area contributed by atoms with E-state index in [1.54, 1.807) is 35.0 Å². The van der Waals surface area contributed by atoms with Crippen molar-refractivity contribution >= 4 is 36.3 Å². The number of aliphatic hydroxyl groups is 2. The lowest BCUT2D eigenvalue weighted by molar-refractivity contribution is -0.0950. The van der Waals surface area contributed by atoms with Gasteiger partial charge in [-0.15, -0.1) is 0 Å². The number of phosphoric ester groups is 1. The normalized spacial score (nSPS) is 34.0. The fourth-order valence-electron chi connectivity index (χ4n) is 4.23. The molecule has 1 aromatic carbocycles. The molecule has 2 saturated heterocycles. The van der Waals surface area contributed by atoms with Gasteiger partial charge in [0.1, 0.15) is 35.6 Å². The van der Waals surface area contributed by atoms with Crippen molar-refractivity contribution in [3.63, 3.8) is 0 Å². The number of nitrogens with zero attached hydrogens (tertiary/aromatic N) is 3. The molecule has 182 valence electrons. The number of aliphatic hydroxyl groups excluding tert-OH is 1. The van der Waals surface area contributed by atoms with Gasteiger partial charge in [-0.1, -0.05) is 23.7 Å². The lowest BCUT2D eigenvalue weighted by Crippen LogP contribution is -2.44. The predicted octanol–water partition coefficient (Wildman–Crippen LogP) is 2.98. The zero-order valence-corrected chi connectivity index (χ0v) is 19.8. The first-order chi connectivity index (χ1) is 16.2. The summed E-state index contributed by atoms with van der Waals surface area (Å²) in [7, 11) is -3.96. The molecule has 2 unspecified atom stereocenters. The minimum absolute atomic E-state index is 0.152. The van der Waals surface area contributed by atoms with Crippen LogP contribution in [-0.4, -0.2) is 55.8 Å². The van der Waals surface area contributed by atoms with Crippen molar-refractivity contribution in [3.05, 3.63) is 53.4 Å². The van der Waals surface area contributed by atoms with Gasteiger partial charge >= 0.3 is 7.82 Å². The lowest BCUT2D eigenvalue weighted by atomic mass is 9.96. The van der Waals surface area contributed by atoms with Crippen LogP contribution in [0.2, 0.25) is 5.02 Å². The smallest absolute Gasteiger partial charge is 0.387 e. The highest BCUT2D eigenvalue weighted by molar-refractivity contribution is 7.48. The van der Waals surface area contributed by atoms with Crippen LogP contribution in [0.4, 0.5) is 5.82 Å². The molecule has 2 aliphatic heterocycles. The number of phosphoric acid groups is 1. The minimum Gasteiger partial charge on any atom is -0.387 e. The Morgan fingerprint density at radius 1 is 1.38 bits per heavy atom. The quantitative estimate of drug-likeness (QED) is 0.437. The van der Waals surface area contributed by atoms with Crippen LogP contribution in [0, 0.1) is 0 Å². The molecule has 13 heteroatoms. The van der Waals surface area contributed by atoms with E-state index >= 15 is 0 Å². The van der Waals surface area contributed by atoms with Gasteiger partial charge in [-0.25, -0.2) is 14.5 Å². The van der Waals surface area contributed by atoms with Crippen molar-refractivity contribution in [1.82, 2.24) is 14.5 Å². The molecule has 11 nitrogen and oxygen atoms in total. The maximum Gasteiger partial charge on any atom is 0.475 e. The van der Waals surface area contributed by atoms with Gasteiger partial charge in [-0.05, 0) is 30.7 Å². The fraction of sp³-hybridized carbons (Fsp3) is 0.429. The number of hydrogen-bond acceptors (Lipinski definition) is 10. The van der Waals surface area contributed by atoms with E-state index in [0.29, 0.717) is 22.5 Å². The Morgan fingerprint density at radius 3 is 3.00 bits per heavy atom. The Hall–Kier alpha value is -2.08. The van der Waals surface area contributed by atoms with Crippen LogP contribution in [0.1, 0.15) is 31.2 Å². The number of anilines is 1. The summed E-state index contributed by atoms with van der Waals surface area (Å²) >= 11 is 6.05. The second-order valence-corrected chi connectivity index (χ2v) is 10.5. The first kappa shape index (κ1) is 23.7. The zero-order chi connectivity index (χ0) is 24.1. The Labute approximate surface area is 200 Å². The molecule has 34 heavy (non-hydrogen) atoms. The summed E-state index contributed by atoms with van der Waals surface area (Å²) in [6, 6.07) is 8.74. The van der Waals surface area contributed by atoms with Crippen molar-refractivity contribution in [3.8, 4) is 0 Å². The summed E-state index contributed by atoms with van der Waals surface area (Å²) in [6.07, 6.45) is -0.532. The lowest BCUT2D eigenvalue weighted by Gasteiger charge is -2.30. The highest BCUT2D eigenvalue weighted by Gasteiger charge is 2.54. The Balaban J connectivity index is 1.31. The van der Waals surface area contributed by atoms with Gasteiger partial charge in [0.05, 0.1) is 24.7 Å². The number of rotatable bonds is 5. The highest BCUT2D eigenvalue weighted by atomic mass is 35.5. The molecule has 0 aliphatic carbocycles. The van der Waals surface area contributed by atoms with E-state index in [0.717, 1.165) is 5.56 Å². The second-order valence-electron chi connectivity index (χ2n) is 8.43. The first-order valence-corrected chi connectivity index (χ1v) is 12.5. The molecule has 2 aromatic heterocycles. The number of fused-ring (bicyclic) bond motifs is 1. The van der Waals surface area contributed by atoms with E-state index < -0.39 is 38.0 Å². The van der Waals surface area contributed by atoms with E-state index in [2.05, 4.69) is 9.97 Å². The third kappa shape index (κ3) is 4.23. The summed E-state index contributed by atoms with van der Waals surface area (Å²) in [6.45, 7) is 1.24. The molecule has 0 radical (unpaired) electrons. The molecule has 0 spiro atoms. The van der Waals surface area contributed by atoms with Crippen molar-refractivity contribution in [2.24, 2.45) is 0 Å². The molecular weight excluding hydrogens is 487 g/mol. The summed E-state index contributed by atoms with van der Waals surface area (Å²) < 4.78 is 37.1. The molecule has 0 bridgehead atoms. The molecule has 5 rings (SSSR count). The summed E-state index contributed by atoms with van der Waals surface area (Å²) in [5, 5.41) is 22.9. The maximum absolute atomic E-state index is 13.1. The van der Waals surface area contributed by atoms with Gasteiger partial charge in [0.25, 0.3) is 0 Å². The third-order valence-electron chi connectivity index (χ3n) is 6.05. The standard InChI is InChI=1S/C21H24ClN4O7P/c1-21(28)17(27)16(32-20(21)26-7-5-14-18(23)24-11-25-19(14)26)10-31-34(29)30-8-6-15(33-34)12-3-2-4-13(22)9-12/h2-5,7,9,11,15-17,20,27-28H,6,8,10H2,1H3,(H2,23,24,25)/t15?,16-,17-,20-,21-,34?/m1/s1. The number of nitrogens with two attached hydrogens (primary N) is 1. The van der Waals surface area contributed by atoms with Crippen LogP contribution >= 0.6 is 19.4 Å². The molecule has 6 atom stereocenters.